The van der Waals surface area contributed by atoms with Crippen molar-refractivity contribution in [1.29, 1.82) is 0 Å². The van der Waals surface area contributed by atoms with E-state index in [1.54, 1.807) is 0 Å². The second-order valence-corrected chi connectivity index (χ2v) is 6.90. The molecular weight excluding hydrogens is 308 g/mol. The van der Waals surface area contributed by atoms with Gasteiger partial charge < -0.3 is 11.1 Å². The maximum absolute atomic E-state index is 6.15. The van der Waals surface area contributed by atoms with Crippen molar-refractivity contribution in [3.63, 3.8) is 0 Å². The Morgan fingerprint density at radius 3 is 2.36 bits per heavy atom. The van der Waals surface area contributed by atoms with Crippen LogP contribution in [-0.2, 0) is 0 Å². The molecule has 0 bridgehead atoms. The average Bonchev–Trinajstić information content (AvgIpc) is 3.09. The standard InChI is InChI=1S/C21H28N4/c1-16-12-17(2)14-19(13-16)24-21(22)23-15-20(25-10-6-7-11-25)18-8-4-3-5-9-18/h3-5,8-9,12-14,20H,6-7,10-11,15H2,1-2H3,(H3,22,23,24). The molecule has 0 spiro atoms. The Balaban J connectivity index is 1.71. The molecule has 0 saturated carbocycles. The van der Waals surface area contributed by atoms with Crippen LogP contribution in [0, 0.1) is 13.8 Å². The Morgan fingerprint density at radius 1 is 1.08 bits per heavy atom. The van der Waals surface area contributed by atoms with Gasteiger partial charge in [-0.3, -0.25) is 9.89 Å². The van der Waals surface area contributed by atoms with E-state index in [1.807, 2.05) is 0 Å². The molecule has 4 nitrogen and oxygen atoms in total. The Bertz CT molecular complexity index is 698. The van der Waals surface area contributed by atoms with Gasteiger partial charge in [0.05, 0.1) is 12.6 Å². The van der Waals surface area contributed by atoms with E-state index < -0.39 is 0 Å². The summed E-state index contributed by atoms with van der Waals surface area (Å²) < 4.78 is 0. The van der Waals surface area contributed by atoms with Gasteiger partial charge in [-0.1, -0.05) is 36.4 Å². The van der Waals surface area contributed by atoms with Gasteiger partial charge in [0.1, 0.15) is 0 Å². The largest absolute Gasteiger partial charge is 0.370 e. The van der Waals surface area contributed by atoms with E-state index in [0.717, 1.165) is 18.8 Å². The minimum Gasteiger partial charge on any atom is -0.370 e. The number of aryl methyl sites for hydroxylation is 2. The summed E-state index contributed by atoms with van der Waals surface area (Å²) in [6.07, 6.45) is 2.53. The Hall–Kier alpha value is -2.33. The van der Waals surface area contributed by atoms with Crippen LogP contribution >= 0.6 is 0 Å². The Kier molecular flexibility index (Phi) is 5.71. The van der Waals surface area contributed by atoms with Crippen LogP contribution in [0.1, 0.15) is 35.6 Å². The van der Waals surface area contributed by atoms with E-state index in [2.05, 4.69) is 77.6 Å². The molecule has 0 amide bonds. The molecule has 3 N–H and O–H groups in total. The predicted octanol–water partition coefficient (Wildman–Crippen LogP) is 3.87. The van der Waals surface area contributed by atoms with Gasteiger partial charge in [-0.05, 0) is 68.6 Å². The number of anilines is 1. The predicted molar refractivity (Wildman–Crippen MR) is 106 cm³/mol. The molecule has 1 atom stereocenters. The number of benzene rings is 2. The normalized spacial score (nSPS) is 16.8. The van der Waals surface area contributed by atoms with Gasteiger partial charge in [0.25, 0.3) is 0 Å². The third-order valence-corrected chi connectivity index (χ3v) is 4.69. The molecule has 2 aromatic carbocycles. The lowest BCUT2D eigenvalue weighted by molar-refractivity contribution is 0.252. The van der Waals surface area contributed by atoms with Crippen LogP contribution < -0.4 is 11.1 Å². The van der Waals surface area contributed by atoms with Crippen molar-refractivity contribution in [2.24, 2.45) is 10.7 Å². The van der Waals surface area contributed by atoms with Gasteiger partial charge in [0.2, 0.25) is 0 Å². The first-order valence-corrected chi connectivity index (χ1v) is 9.06. The summed E-state index contributed by atoms with van der Waals surface area (Å²) in [7, 11) is 0. The molecule has 3 rings (SSSR count). The fourth-order valence-corrected chi connectivity index (χ4v) is 3.58. The number of nitrogens with two attached hydrogens (primary N) is 1. The minimum atomic E-state index is 0.295. The summed E-state index contributed by atoms with van der Waals surface area (Å²) in [5, 5.41) is 3.23. The third-order valence-electron chi connectivity index (χ3n) is 4.69. The smallest absolute Gasteiger partial charge is 0.193 e. The van der Waals surface area contributed by atoms with E-state index in [9.17, 15) is 0 Å². The lowest BCUT2D eigenvalue weighted by Crippen LogP contribution is -2.30. The van der Waals surface area contributed by atoms with Crippen LogP contribution in [0.2, 0.25) is 0 Å². The molecule has 1 aliphatic heterocycles. The highest BCUT2D eigenvalue weighted by molar-refractivity contribution is 5.92. The van der Waals surface area contributed by atoms with Crippen LogP contribution in [0.3, 0.4) is 0 Å². The first-order valence-electron chi connectivity index (χ1n) is 9.06. The number of hydrogen-bond acceptors (Lipinski definition) is 2. The zero-order valence-corrected chi connectivity index (χ0v) is 15.2. The highest BCUT2D eigenvalue weighted by Gasteiger charge is 2.23. The summed E-state index contributed by atoms with van der Waals surface area (Å²) in [6, 6.07) is 17.2. The van der Waals surface area contributed by atoms with Crippen molar-refractivity contribution < 1.29 is 0 Å². The Morgan fingerprint density at radius 2 is 1.72 bits per heavy atom. The maximum Gasteiger partial charge on any atom is 0.193 e. The third kappa shape index (κ3) is 4.83. The number of likely N-dealkylation sites (tertiary alicyclic amines) is 1. The van der Waals surface area contributed by atoms with Crippen molar-refractivity contribution >= 4 is 11.6 Å². The van der Waals surface area contributed by atoms with E-state index >= 15 is 0 Å². The number of nitrogens with one attached hydrogen (secondary N) is 1. The van der Waals surface area contributed by atoms with Gasteiger partial charge in [0.15, 0.2) is 5.96 Å². The highest BCUT2D eigenvalue weighted by atomic mass is 15.2. The number of guanidine groups is 1. The molecule has 0 aromatic heterocycles. The van der Waals surface area contributed by atoms with E-state index in [4.69, 9.17) is 5.73 Å². The van der Waals surface area contributed by atoms with Gasteiger partial charge >= 0.3 is 0 Å². The van der Waals surface area contributed by atoms with Gasteiger partial charge in [-0.15, -0.1) is 0 Å². The first-order chi connectivity index (χ1) is 12.1. The average molecular weight is 336 g/mol. The van der Waals surface area contributed by atoms with E-state index in [-0.39, 0.29) is 0 Å². The summed E-state index contributed by atoms with van der Waals surface area (Å²) in [5.41, 5.74) is 10.9. The second-order valence-electron chi connectivity index (χ2n) is 6.90. The zero-order chi connectivity index (χ0) is 17.6. The van der Waals surface area contributed by atoms with Crippen LogP contribution in [0.4, 0.5) is 5.69 Å². The number of rotatable bonds is 5. The molecule has 1 aliphatic rings. The van der Waals surface area contributed by atoms with Crippen molar-refractivity contribution in [3.05, 3.63) is 65.2 Å². The van der Waals surface area contributed by atoms with Crippen LogP contribution in [0.5, 0.6) is 0 Å². The molecule has 1 saturated heterocycles. The fourth-order valence-electron chi connectivity index (χ4n) is 3.58. The molecule has 0 aliphatic carbocycles. The van der Waals surface area contributed by atoms with Crippen molar-refractivity contribution in [2.45, 2.75) is 32.7 Å². The van der Waals surface area contributed by atoms with Crippen molar-refractivity contribution in [3.8, 4) is 0 Å². The van der Waals surface area contributed by atoms with E-state index in [1.165, 1.54) is 29.5 Å². The SMILES string of the molecule is Cc1cc(C)cc(NC(N)=NCC(c2ccccc2)N2CCCC2)c1. The molecule has 0 radical (unpaired) electrons. The summed E-state index contributed by atoms with van der Waals surface area (Å²) >= 11 is 0. The molecule has 1 fully saturated rings. The molecule has 2 aromatic rings. The molecule has 1 unspecified atom stereocenters. The van der Waals surface area contributed by atoms with Crippen LogP contribution in [-0.4, -0.2) is 30.5 Å². The molecule has 132 valence electrons. The van der Waals surface area contributed by atoms with Gasteiger partial charge in [0, 0.05) is 5.69 Å². The summed E-state index contributed by atoms with van der Waals surface area (Å²) in [6.45, 7) is 7.13. The monoisotopic (exact) mass is 336 g/mol. The zero-order valence-electron chi connectivity index (χ0n) is 15.2. The highest BCUT2D eigenvalue weighted by Crippen LogP contribution is 2.25. The van der Waals surface area contributed by atoms with Crippen LogP contribution in [0.15, 0.2) is 53.5 Å². The van der Waals surface area contributed by atoms with Crippen molar-refractivity contribution in [2.75, 3.05) is 25.0 Å². The second kappa shape index (κ2) is 8.17. The Labute approximate surface area is 150 Å². The summed E-state index contributed by atoms with van der Waals surface area (Å²) in [5.74, 6) is 0.477. The lowest BCUT2D eigenvalue weighted by Gasteiger charge is -2.26. The number of nitrogens with zero attached hydrogens (tertiary/aromatic N) is 2. The lowest BCUT2D eigenvalue weighted by atomic mass is 10.1. The molecule has 25 heavy (non-hydrogen) atoms. The quantitative estimate of drug-likeness (QED) is 0.644. The van der Waals surface area contributed by atoms with Gasteiger partial charge in [-0.25, -0.2) is 0 Å². The molecule has 1 heterocycles. The number of aliphatic imine (C=N–C) groups is 1. The maximum atomic E-state index is 6.15. The molecule has 4 heteroatoms. The number of hydrogen-bond donors (Lipinski definition) is 2. The van der Waals surface area contributed by atoms with E-state index in [0.29, 0.717) is 18.5 Å². The van der Waals surface area contributed by atoms with Gasteiger partial charge in [-0.2, -0.15) is 0 Å². The van der Waals surface area contributed by atoms with Crippen molar-refractivity contribution in [1.82, 2.24) is 4.90 Å². The first kappa shape index (κ1) is 17.5. The minimum absolute atomic E-state index is 0.295. The van der Waals surface area contributed by atoms with Crippen LogP contribution in [0.25, 0.3) is 0 Å². The summed E-state index contributed by atoms with van der Waals surface area (Å²) in [4.78, 5) is 7.16. The topological polar surface area (TPSA) is 53.6 Å². The molecular formula is C21H28N4. The fraction of sp³-hybridized carbons (Fsp3) is 0.381.